The van der Waals surface area contributed by atoms with Gasteiger partial charge in [-0.25, -0.2) is 0 Å². The van der Waals surface area contributed by atoms with Crippen LogP contribution in [0.25, 0.3) is 10.9 Å². The highest BCUT2D eigenvalue weighted by Gasteiger charge is 2.24. The van der Waals surface area contributed by atoms with Gasteiger partial charge in [0.25, 0.3) is 0 Å². The fourth-order valence-corrected chi connectivity index (χ4v) is 4.11. The van der Waals surface area contributed by atoms with E-state index in [4.69, 9.17) is 0 Å². The summed E-state index contributed by atoms with van der Waals surface area (Å²) in [6.45, 7) is 2.07. The number of benzene rings is 1. The molecule has 1 aliphatic carbocycles. The van der Waals surface area contributed by atoms with E-state index in [9.17, 15) is 0 Å². The molecule has 2 unspecified atom stereocenters. The third-order valence-electron chi connectivity index (χ3n) is 4.19. The van der Waals surface area contributed by atoms with Crippen LogP contribution < -0.4 is 5.32 Å². The molecule has 2 nitrogen and oxygen atoms in total. The number of pyridine rings is 1. The summed E-state index contributed by atoms with van der Waals surface area (Å²) in [5.41, 5.74) is 3.42. The molecule has 0 amide bonds. The van der Waals surface area contributed by atoms with E-state index in [-0.39, 0.29) is 0 Å². The van der Waals surface area contributed by atoms with E-state index < -0.39 is 0 Å². The van der Waals surface area contributed by atoms with Gasteiger partial charge < -0.3 is 5.32 Å². The van der Waals surface area contributed by atoms with Crippen molar-refractivity contribution in [3.63, 3.8) is 0 Å². The molecule has 20 heavy (non-hydrogen) atoms. The van der Waals surface area contributed by atoms with Crippen LogP contribution in [0.2, 0.25) is 0 Å². The number of hydrogen-bond acceptors (Lipinski definition) is 3. The Labute approximate surface area is 125 Å². The highest BCUT2D eigenvalue weighted by atomic mass is 32.2. The number of rotatable bonds is 3. The van der Waals surface area contributed by atoms with E-state index in [0.29, 0.717) is 6.04 Å². The lowest BCUT2D eigenvalue weighted by molar-refractivity contribution is 0.475. The van der Waals surface area contributed by atoms with E-state index in [1.807, 2.05) is 11.8 Å². The lowest BCUT2D eigenvalue weighted by atomic mass is 9.94. The molecule has 0 radical (unpaired) electrons. The van der Waals surface area contributed by atoms with E-state index in [1.54, 1.807) is 0 Å². The van der Waals surface area contributed by atoms with Gasteiger partial charge in [-0.15, -0.1) is 0 Å². The predicted octanol–water partition coefficient (Wildman–Crippen LogP) is 4.63. The molecule has 0 aliphatic heterocycles. The molecule has 2 aromatic rings. The Balaban J connectivity index is 1.93. The average Bonchev–Trinajstić information content (AvgIpc) is 2.47. The minimum Gasteiger partial charge on any atom is -0.381 e. The van der Waals surface area contributed by atoms with E-state index in [1.165, 1.54) is 36.8 Å². The van der Waals surface area contributed by atoms with Crippen molar-refractivity contribution in [1.82, 2.24) is 4.98 Å². The van der Waals surface area contributed by atoms with Crippen molar-refractivity contribution in [2.45, 2.75) is 43.9 Å². The molecule has 3 heteroatoms. The molecule has 1 aromatic heterocycles. The van der Waals surface area contributed by atoms with Gasteiger partial charge in [0.2, 0.25) is 0 Å². The van der Waals surface area contributed by atoms with E-state index in [2.05, 4.69) is 53.8 Å². The van der Waals surface area contributed by atoms with Crippen molar-refractivity contribution in [3.05, 3.63) is 36.0 Å². The maximum absolute atomic E-state index is 4.62. The molecule has 1 saturated carbocycles. The SMILES string of the molecule is CSC1CCCCC1Nc1cc(C)nc2ccccc12. The van der Waals surface area contributed by atoms with Crippen molar-refractivity contribution in [3.8, 4) is 0 Å². The third kappa shape index (κ3) is 2.78. The topological polar surface area (TPSA) is 24.9 Å². The molecule has 0 spiro atoms. The minimum atomic E-state index is 0.587. The van der Waals surface area contributed by atoms with Crippen LogP contribution in [0.1, 0.15) is 31.4 Å². The van der Waals surface area contributed by atoms with Gasteiger partial charge in [0.15, 0.2) is 0 Å². The number of aromatic nitrogens is 1. The van der Waals surface area contributed by atoms with Gasteiger partial charge in [-0.2, -0.15) is 11.8 Å². The highest BCUT2D eigenvalue weighted by Crippen LogP contribution is 2.31. The first-order valence-corrected chi connectivity index (χ1v) is 8.72. The molecule has 1 aliphatic rings. The lowest BCUT2D eigenvalue weighted by Crippen LogP contribution is -2.34. The monoisotopic (exact) mass is 286 g/mol. The number of nitrogens with zero attached hydrogens (tertiary/aromatic N) is 1. The maximum Gasteiger partial charge on any atom is 0.0725 e. The molecule has 2 atom stereocenters. The number of fused-ring (bicyclic) bond motifs is 1. The fraction of sp³-hybridized carbons (Fsp3) is 0.471. The molecular formula is C17H22N2S. The molecule has 0 bridgehead atoms. The zero-order valence-corrected chi connectivity index (χ0v) is 13.0. The van der Waals surface area contributed by atoms with Gasteiger partial charge in [0.05, 0.1) is 5.52 Å². The Kier molecular flexibility index (Phi) is 4.16. The van der Waals surface area contributed by atoms with E-state index >= 15 is 0 Å². The molecule has 1 heterocycles. The fourth-order valence-electron chi connectivity index (χ4n) is 3.17. The van der Waals surface area contributed by atoms with Crippen LogP contribution in [0.15, 0.2) is 30.3 Å². The Bertz CT molecular complexity index is 597. The van der Waals surface area contributed by atoms with Crippen LogP contribution in [0, 0.1) is 6.92 Å². The molecule has 1 aromatic carbocycles. The lowest BCUT2D eigenvalue weighted by Gasteiger charge is -2.32. The Morgan fingerprint density at radius 3 is 2.85 bits per heavy atom. The first-order chi connectivity index (χ1) is 9.78. The number of nitrogens with one attached hydrogen (secondary N) is 1. The van der Waals surface area contributed by atoms with Gasteiger partial charge in [0.1, 0.15) is 0 Å². The van der Waals surface area contributed by atoms with Gasteiger partial charge in [-0.1, -0.05) is 31.0 Å². The smallest absolute Gasteiger partial charge is 0.0725 e. The zero-order chi connectivity index (χ0) is 13.9. The van der Waals surface area contributed by atoms with Crippen LogP contribution in [0.5, 0.6) is 0 Å². The summed E-state index contributed by atoms with van der Waals surface area (Å²) in [6, 6.07) is 11.2. The summed E-state index contributed by atoms with van der Waals surface area (Å²) >= 11 is 2.00. The van der Waals surface area contributed by atoms with Gasteiger partial charge in [-0.3, -0.25) is 4.98 Å². The van der Waals surface area contributed by atoms with Crippen LogP contribution >= 0.6 is 11.8 Å². The second-order valence-corrected chi connectivity index (χ2v) is 6.71. The van der Waals surface area contributed by atoms with Crippen molar-refractivity contribution in [2.24, 2.45) is 0 Å². The number of thioether (sulfide) groups is 1. The average molecular weight is 286 g/mol. The molecule has 3 rings (SSSR count). The number of hydrogen-bond donors (Lipinski definition) is 1. The molecule has 106 valence electrons. The molecular weight excluding hydrogens is 264 g/mol. The summed E-state index contributed by atoms with van der Waals surface area (Å²) in [6.07, 6.45) is 7.57. The summed E-state index contributed by atoms with van der Waals surface area (Å²) < 4.78 is 0. The van der Waals surface area contributed by atoms with Crippen molar-refractivity contribution >= 4 is 28.4 Å². The van der Waals surface area contributed by atoms with Crippen molar-refractivity contribution in [1.29, 1.82) is 0 Å². The summed E-state index contributed by atoms with van der Waals surface area (Å²) in [7, 11) is 0. The quantitative estimate of drug-likeness (QED) is 0.890. The van der Waals surface area contributed by atoms with Gasteiger partial charge in [0, 0.05) is 28.1 Å². The third-order valence-corrected chi connectivity index (χ3v) is 5.36. The Hall–Kier alpha value is -1.22. The molecule has 1 N–H and O–H groups in total. The highest BCUT2D eigenvalue weighted by molar-refractivity contribution is 7.99. The summed E-state index contributed by atoms with van der Waals surface area (Å²) in [4.78, 5) is 4.62. The van der Waals surface area contributed by atoms with Crippen LogP contribution in [-0.2, 0) is 0 Å². The number of para-hydroxylation sites is 1. The Morgan fingerprint density at radius 2 is 2.00 bits per heavy atom. The zero-order valence-electron chi connectivity index (χ0n) is 12.2. The number of anilines is 1. The van der Waals surface area contributed by atoms with Crippen LogP contribution in [0.4, 0.5) is 5.69 Å². The standard InChI is InChI=1S/C17H22N2S/c1-12-11-16(13-7-3-4-8-14(13)18-12)19-15-9-5-6-10-17(15)20-2/h3-4,7-8,11,15,17H,5-6,9-10H2,1-2H3,(H,18,19). The predicted molar refractivity (Wildman–Crippen MR) is 89.7 cm³/mol. The molecule has 0 saturated heterocycles. The number of aryl methyl sites for hydroxylation is 1. The van der Waals surface area contributed by atoms with E-state index in [0.717, 1.165) is 16.5 Å². The minimum absolute atomic E-state index is 0.587. The van der Waals surface area contributed by atoms with Crippen molar-refractivity contribution < 1.29 is 0 Å². The second kappa shape index (κ2) is 6.04. The summed E-state index contributed by atoms with van der Waals surface area (Å²) in [5, 5.41) is 5.78. The van der Waals surface area contributed by atoms with Gasteiger partial charge in [-0.05, 0) is 38.2 Å². The summed E-state index contributed by atoms with van der Waals surface area (Å²) in [5.74, 6) is 0. The second-order valence-electron chi connectivity index (χ2n) is 5.64. The van der Waals surface area contributed by atoms with Crippen LogP contribution in [0.3, 0.4) is 0 Å². The van der Waals surface area contributed by atoms with Crippen molar-refractivity contribution in [2.75, 3.05) is 11.6 Å². The first kappa shape index (κ1) is 13.7. The van der Waals surface area contributed by atoms with Gasteiger partial charge >= 0.3 is 0 Å². The normalized spacial score (nSPS) is 22.9. The first-order valence-electron chi connectivity index (χ1n) is 7.43. The Morgan fingerprint density at radius 1 is 1.20 bits per heavy atom. The largest absolute Gasteiger partial charge is 0.381 e. The maximum atomic E-state index is 4.62. The molecule has 1 fully saturated rings. The van der Waals surface area contributed by atoms with Crippen LogP contribution in [-0.4, -0.2) is 22.5 Å².